The molecule has 0 aliphatic carbocycles. The quantitative estimate of drug-likeness (QED) is 0.600. The van der Waals surface area contributed by atoms with E-state index in [2.05, 4.69) is 4.72 Å². The number of rotatable bonds is 6. The molecular weight excluding hydrogens is 378 g/mol. The summed E-state index contributed by atoms with van der Waals surface area (Å²) in [5.74, 6) is -1.24. The van der Waals surface area contributed by atoms with Gasteiger partial charge in [-0.3, -0.25) is 4.79 Å². The molecule has 6 nitrogen and oxygen atoms in total. The van der Waals surface area contributed by atoms with Crippen LogP contribution in [-0.4, -0.2) is 33.8 Å². The van der Waals surface area contributed by atoms with Crippen LogP contribution in [0.15, 0.2) is 41.3 Å². The van der Waals surface area contributed by atoms with Crippen LogP contribution in [0.5, 0.6) is 0 Å². The van der Waals surface area contributed by atoms with Crippen LogP contribution < -0.4 is 4.72 Å². The Hall–Kier alpha value is -2.22. The monoisotopic (exact) mass is 395 g/mol. The van der Waals surface area contributed by atoms with Crippen LogP contribution in [0.3, 0.4) is 0 Å². The maximum Gasteiger partial charge on any atom is 0.340 e. The summed E-state index contributed by atoms with van der Waals surface area (Å²) in [6.45, 7) is 3.34. The van der Waals surface area contributed by atoms with Crippen molar-refractivity contribution in [2.75, 3.05) is 13.7 Å². The second kappa shape index (κ2) is 7.99. The average Bonchev–Trinajstić information content (AvgIpc) is 2.61. The largest absolute Gasteiger partial charge is 0.454 e. The third-order valence-corrected chi connectivity index (χ3v) is 5.64. The van der Waals surface area contributed by atoms with Gasteiger partial charge in [0.05, 0.1) is 15.5 Å². The van der Waals surface area contributed by atoms with Gasteiger partial charge in [-0.25, -0.2) is 17.9 Å². The van der Waals surface area contributed by atoms with Crippen LogP contribution in [-0.2, 0) is 14.8 Å². The maximum absolute atomic E-state index is 12.2. The Labute approximate surface area is 157 Å². The summed E-state index contributed by atoms with van der Waals surface area (Å²) in [6.07, 6.45) is 0. The zero-order valence-corrected chi connectivity index (χ0v) is 16.1. The lowest BCUT2D eigenvalue weighted by Gasteiger charge is -2.09. The molecule has 0 aromatic heterocycles. The summed E-state index contributed by atoms with van der Waals surface area (Å²) in [7, 11) is -2.48. The lowest BCUT2D eigenvalue weighted by Crippen LogP contribution is -2.20. The van der Waals surface area contributed by atoms with Gasteiger partial charge in [-0.15, -0.1) is 0 Å². The zero-order valence-electron chi connectivity index (χ0n) is 14.5. The Bertz CT molecular complexity index is 970. The molecule has 2 rings (SSSR count). The first-order valence-electron chi connectivity index (χ1n) is 7.66. The molecule has 0 aliphatic heterocycles. The van der Waals surface area contributed by atoms with Gasteiger partial charge in [0.1, 0.15) is 0 Å². The number of Topliss-reactive ketones (excluding diaryl/α,β-unsaturated/α-hetero) is 1. The van der Waals surface area contributed by atoms with E-state index in [1.165, 1.54) is 19.2 Å². The Balaban J connectivity index is 2.16. The molecule has 0 heterocycles. The highest BCUT2D eigenvalue weighted by atomic mass is 35.5. The number of esters is 1. The Kier molecular flexibility index (Phi) is 6.17. The van der Waals surface area contributed by atoms with E-state index < -0.39 is 22.6 Å². The van der Waals surface area contributed by atoms with Gasteiger partial charge in [0.15, 0.2) is 12.4 Å². The predicted molar refractivity (Wildman–Crippen MR) is 98.2 cm³/mol. The minimum atomic E-state index is -3.74. The summed E-state index contributed by atoms with van der Waals surface area (Å²) in [5.41, 5.74) is 2.30. The molecule has 0 fully saturated rings. The van der Waals surface area contributed by atoms with Crippen LogP contribution in [0.2, 0.25) is 5.02 Å². The summed E-state index contributed by atoms with van der Waals surface area (Å²) < 4.78 is 30.8. The first-order valence-corrected chi connectivity index (χ1v) is 9.52. The number of carbonyl (C=O) groups is 2. The van der Waals surface area contributed by atoms with Gasteiger partial charge in [0, 0.05) is 5.56 Å². The second-order valence-electron chi connectivity index (χ2n) is 5.65. The van der Waals surface area contributed by atoms with Crippen LogP contribution >= 0.6 is 11.6 Å². The SMILES string of the molecule is CNS(=O)(=O)c1ccc(Cl)c(C(=O)OCC(=O)c2ccc(C)c(C)c2)c1. The normalized spacial score (nSPS) is 11.2. The van der Waals surface area contributed by atoms with Gasteiger partial charge in [0.25, 0.3) is 0 Å². The van der Waals surface area contributed by atoms with Crippen molar-refractivity contribution in [3.8, 4) is 0 Å². The highest BCUT2D eigenvalue weighted by Gasteiger charge is 2.19. The van der Waals surface area contributed by atoms with Gasteiger partial charge >= 0.3 is 5.97 Å². The average molecular weight is 396 g/mol. The van der Waals surface area contributed by atoms with Crippen molar-refractivity contribution in [3.63, 3.8) is 0 Å². The molecule has 0 spiro atoms. The van der Waals surface area contributed by atoms with E-state index in [1.807, 2.05) is 19.9 Å². The number of carbonyl (C=O) groups excluding carboxylic acids is 2. The van der Waals surface area contributed by atoms with Crippen molar-refractivity contribution in [1.29, 1.82) is 0 Å². The summed E-state index contributed by atoms with van der Waals surface area (Å²) in [4.78, 5) is 24.3. The van der Waals surface area contributed by atoms with Crippen LogP contribution in [0, 0.1) is 13.8 Å². The molecule has 2 aromatic rings. The number of benzene rings is 2. The maximum atomic E-state index is 12.2. The van der Waals surface area contributed by atoms with E-state index in [9.17, 15) is 18.0 Å². The zero-order chi connectivity index (χ0) is 19.5. The fraction of sp³-hybridized carbons (Fsp3) is 0.222. The summed E-state index contributed by atoms with van der Waals surface area (Å²) in [6, 6.07) is 8.85. The second-order valence-corrected chi connectivity index (χ2v) is 7.94. The predicted octanol–water partition coefficient (Wildman–Crippen LogP) is 2.90. The van der Waals surface area contributed by atoms with Gasteiger partial charge < -0.3 is 4.74 Å². The minimum Gasteiger partial charge on any atom is -0.454 e. The van der Waals surface area contributed by atoms with Gasteiger partial charge in [0.2, 0.25) is 10.0 Å². The molecule has 0 saturated heterocycles. The molecule has 0 radical (unpaired) electrons. The first-order chi connectivity index (χ1) is 12.2. The molecule has 0 amide bonds. The van der Waals surface area contributed by atoms with Crippen molar-refractivity contribution in [2.45, 2.75) is 18.7 Å². The van der Waals surface area contributed by atoms with E-state index in [0.717, 1.165) is 17.2 Å². The summed E-state index contributed by atoms with van der Waals surface area (Å²) >= 11 is 5.95. The van der Waals surface area contributed by atoms with Crippen LogP contribution in [0.1, 0.15) is 31.8 Å². The molecule has 1 N–H and O–H groups in total. The van der Waals surface area contributed by atoms with Crippen LogP contribution in [0.4, 0.5) is 0 Å². The number of ether oxygens (including phenoxy) is 1. The minimum absolute atomic E-state index is 0.0312. The fourth-order valence-electron chi connectivity index (χ4n) is 2.15. The molecular formula is C18H18ClNO5S. The Morgan fingerprint density at radius 2 is 1.77 bits per heavy atom. The number of hydrogen-bond donors (Lipinski definition) is 1. The molecule has 0 atom stereocenters. The number of nitrogens with one attached hydrogen (secondary N) is 1. The molecule has 0 saturated carbocycles. The Morgan fingerprint density at radius 3 is 2.38 bits per heavy atom. The smallest absolute Gasteiger partial charge is 0.340 e. The van der Waals surface area contributed by atoms with Gasteiger partial charge in [-0.2, -0.15) is 0 Å². The molecule has 26 heavy (non-hydrogen) atoms. The highest BCUT2D eigenvalue weighted by molar-refractivity contribution is 7.89. The molecule has 138 valence electrons. The number of ketones is 1. The fourth-order valence-corrected chi connectivity index (χ4v) is 3.10. The van der Waals surface area contributed by atoms with Crippen molar-refractivity contribution in [2.24, 2.45) is 0 Å². The van der Waals surface area contributed by atoms with E-state index in [-0.39, 0.29) is 21.3 Å². The third kappa shape index (κ3) is 4.49. The van der Waals surface area contributed by atoms with Crippen molar-refractivity contribution in [1.82, 2.24) is 4.72 Å². The Morgan fingerprint density at radius 1 is 1.08 bits per heavy atom. The van der Waals surface area contributed by atoms with E-state index in [0.29, 0.717) is 5.56 Å². The summed E-state index contributed by atoms with van der Waals surface area (Å²) in [5, 5.41) is 0.0312. The number of aryl methyl sites for hydroxylation is 2. The number of hydrogen-bond acceptors (Lipinski definition) is 5. The van der Waals surface area contributed by atoms with E-state index in [4.69, 9.17) is 16.3 Å². The van der Waals surface area contributed by atoms with Crippen molar-refractivity contribution < 1.29 is 22.7 Å². The standard InChI is InChI=1S/C18H18ClNO5S/c1-11-4-5-13(8-12(11)2)17(21)10-25-18(22)15-9-14(6-7-16(15)19)26(23,24)20-3/h4-9,20H,10H2,1-3H3. The number of halogens is 1. The lowest BCUT2D eigenvalue weighted by molar-refractivity contribution is 0.0474. The molecule has 8 heteroatoms. The topological polar surface area (TPSA) is 89.5 Å². The van der Waals surface area contributed by atoms with Crippen molar-refractivity contribution in [3.05, 3.63) is 63.7 Å². The van der Waals surface area contributed by atoms with Crippen LogP contribution in [0.25, 0.3) is 0 Å². The molecule has 0 unspecified atom stereocenters. The molecule has 2 aromatic carbocycles. The van der Waals surface area contributed by atoms with E-state index >= 15 is 0 Å². The van der Waals surface area contributed by atoms with E-state index in [1.54, 1.807) is 12.1 Å². The van der Waals surface area contributed by atoms with Gasteiger partial charge in [-0.05, 0) is 56.3 Å². The number of sulfonamides is 1. The third-order valence-electron chi connectivity index (χ3n) is 3.90. The molecule has 0 bridgehead atoms. The highest BCUT2D eigenvalue weighted by Crippen LogP contribution is 2.21. The molecule has 0 aliphatic rings. The first kappa shape index (κ1) is 20.1. The van der Waals surface area contributed by atoms with Crippen molar-refractivity contribution >= 4 is 33.4 Å². The lowest BCUT2D eigenvalue weighted by atomic mass is 10.0. The van der Waals surface area contributed by atoms with Gasteiger partial charge in [-0.1, -0.05) is 23.7 Å².